The minimum Gasteiger partial charge on any atom is -0.439 e. The van der Waals surface area contributed by atoms with Crippen LogP contribution < -0.4 is 9.64 Å². The normalized spacial score (nSPS) is 9.92. The van der Waals surface area contributed by atoms with E-state index in [0.29, 0.717) is 28.4 Å². The summed E-state index contributed by atoms with van der Waals surface area (Å²) in [5, 5.41) is 8.90. The topological polar surface area (TPSA) is 79.1 Å². The Bertz CT molecular complexity index is 918. The molecule has 3 aromatic rings. The van der Waals surface area contributed by atoms with E-state index in [9.17, 15) is 4.79 Å². The van der Waals surface area contributed by atoms with Crippen molar-refractivity contribution in [1.82, 2.24) is 9.97 Å². The number of benzene rings is 1. The third-order valence-corrected chi connectivity index (χ3v) is 3.51. The Balaban J connectivity index is 1.73. The molecule has 0 aliphatic carbocycles. The summed E-state index contributed by atoms with van der Waals surface area (Å²) in [4.78, 5) is 22.1. The van der Waals surface area contributed by atoms with E-state index in [1.165, 1.54) is 11.1 Å². The van der Waals surface area contributed by atoms with Gasteiger partial charge in [-0.25, -0.2) is 4.98 Å². The number of carbonyl (C=O) groups excluding carboxylic acids is 1. The molecule has 0 aliphatic rings. The molecule has 6 nitrogen and oxygen atoms in total. The first-order valence-corrected chi connectivity index (χ1v) is 7.49. The molecule has 0 aliphatic heterocycles. The van der Waals surface area contributed by atoms with Gasteiger partial charge in [0.25, 0.3) is 5.91 Å². The molecule has 6 heteroatoms. The predicted octanol–water partition coefficient (Wildman–Crippen LogP) is 3.42. The zero-order valence-corrected chi connectivity index (χ0v) is 13.5. The van der Waals surface area contributed by atoms with Crippen LogP contribution in [-0.4, -0.2) is 22.9 Å². The first-order chi connectivity index (χ1) is 12.2. The molecule has 2 aromatic heterocycles. The highest BCUT2D eigenvalue weighted by atomic mass is 16.5. The summed E-state index contributed by atoms with van der Waals surface area (Å²) < 4.78 is 5.60. The van der Waals surface area contributed by atoms with E-state index in [2.05, 4.69) is 9.97 Å². The van der Waals surface area contributed by atoms with E-state index in [4.69, 9.17) is 10.00 Å². The van der Waals surface area contributed by atoms with Gasteiger partial charge in [0, 0.05) is 25.5 Å². The van der Waals surface area contributed by atoms with Crippen molar-refractivity contribution in [3.05, 3.63) is 78.2 Å². The monoisotopic (exact) mass is 330 g/mol. The fourth-order valence-corrected chi connectivity index (χ4v) is 2.18. The molecule has 0 N–H and O–H groups in total. The number of amides is 1. The molecule has 0 saturated heterocycles. The van der Waals surface area contributed by atoms with Crippen molar-refractivity contribution in [2.75, 3.05) is 11.9 Å². The van der Waals surface area contributed by atoms with Crippen LogP contribution in [0.2, 0.25) is 0 Å². The van der Waals surface area contributed by atoms with Crippen molar-refractivity contribution in [1.29, 1.82) is 5.26 Å². The van der Waals surface area contributed by atoms with Gasteiger partial charge >= 0.3 is 0 Å². The number of carbonyl (C=O) groups is 1. The van der Waals surface area contributed by atoms with Gasteiger partial charge in [-0.2, -0.15) is 5.26 Å². The van der Waals surface area contributed by atoms with Crippen LogP contribution in [0.5, 0.6) is 11.6 Å². The first kappa shape index (κ1) is 16.1. The van der Waals surface area contributed by atoms with Gasteiger partial charge in [-0.3, -0.25) is 9.78 Å². The molecule has 25 heavy (non-hydrogen) atoms. The average Bonchev–Trinajstić information content (AvgIpc) is 2.68. The lowest BCUT2D eigenvalue weighted by Gasteiger charge is -2.16. The Hall–Kier alpha value is -3.72. The van der Waals surface area contributed by atoms with E-state index in [0.717, 1.165) is 0 Å². The zero-order chi connectivity index (χ0) is 17.6. The Labute approximate surface area is 145 Å². The highest BCUT2D eigenvalue weighted by molar-refractivity contribution is 6.05. The number of nitrogens with zero attached hydrogens (tertiary/aromatic N) is 4. The number of anilines is 1. The summed E-state index contributed by atoms with van der Waals surface area (Å²) in [6, 6.07) is 15.7. The Morgan fingerprint density at radius 2 is 2.04 bits per heavy atom. The second kappa shape index (κ2) is 7.23. The highest BCUT2D eigenvalue weighted by Gasteiger charge is 2.14. The number of hydrogen-bond acceptors (Lipinski definition) is 5. The van der Waals surface area contributed by atoms with Gasteiger partial charge in [0.15, 0.2) is 0 Å². The number of hydrogen-bond donors (Lipinski definition) is 0. The first-order valence-electron chi connectivity index (χ1n) is 7.49. The van der Waals surface area contributed by atoms with E-state index in [1.807, 2.05) is 6.07 Å². The molecular formula is C19H14N4O2. The molecule has 1 aromatic carbocycles. The zero-order valence-electron chi connectivity index (χ0n) is 13.5. The molecule has 122 valence electrons. The molecule has 0 spiro atoms. The van der Waals surface area contributed by atoms with Crippen molar-refractivity contribution in [2.45, 2.75) is 0 Å². The lowest BCUT2D eigenvalue weighted by molar-refractivity contribution is 0.0992. The summed E-state index contributed by atoms with van der Waals surface area (Å²) in [5.74, 6) is 0.660. The number of aromatic nitrogens is 2. The molecule has 0 atom stereocenters. The van der Waals surface area contributed by atoms with E-state index < -0.39 is 0 Å². The van der Waals surface area contributed by atoms with Crippen molar-refractivity contribution >= 4 is 11.6 Å². The van der Waals surface area contributed by atoms with Gasteiger partial charge in [0.05, 0.1) is 29.1 Å². The fraction of sp³-hybridized carbons (Fsp3) is 0.0526. The van der Waals surface area contributed by atoms with E-state index >= 15 is 0 Å². The van der Waals surface area contributed by atoms with Crippen molar-refractivity contribution in [3.63, 3.8) is 0 Å². The average molecular weight is 330 g/mol. The highest BCUT2D eigenvalue weighted by Crippen LogP contribution is 2.21. The Kier molecular flexibility index (Phi) is 4.67. The second-order valence-corrected chi connectivity index (χ2v) is 5.20. The molecule has 3 rings (SSSR count). The summed E-state index contributed by atoms with van der Waals surface area (Å²) in [6.07, 6.45) is 4.72. The standard InChI is InChI=1S/C19H14N4O2/c1-23(16-5-3-9-21-13-16)19(24)15-7-8-18(22-12-15)25-17-6-2-4-14(10-17)11-20/h2-10,12-13H,1H3. The predicted molar refractivity (Wildman–Crippen MR) is 92.4 cm³/mol. The van der Waals surface area contributed by atoms with Crippen LogP contribution in [0.25, 0.3) is 0 Å². The van der Waals surface area contributed by atoms with Crippen LogP contribution in [0.3, 0.4) is 0 Å². The van der Waals surface area contributed by atoms with Crippen LogP contribution >= 0.6 is 0 Å². The Morgan fingerprint density at radius 1 is 1.16 bits per heavy atom. The van der Waals surface area contributed by atoms with Gasteiger partial charge in [0.2, 0.25) is 5.88 Å². The van der Waals surface area contributed by atoms with Gasteiger partial charge in [0.1, 0.15) is 5.75 Å². The minimum atomic E-state index is -0.196. The molecular weight excluding hydrogens is 316 g/mol. The largest absolute Gasteiger partial charge is 0.439 e. The molecule has 0 saturated carbocycles. The minimum absolute atomic E-state index is 0.196. The lowest BCUT2D eigenvalue weighted by atomic mass is 10.2. The van der Waals surface area contributed by atoms with Gasteiger partial charge in [-0.05, 0) is 36.4 Å². The third kappa shape index (κ3) is 3.79. The van der Waals surface area contributed by atoms with Crippen LogP contribution in [0.4, 0.5) is 5.69 Å². The molecule has 0 radical (unpaired) electrons. The van der Waals surface area contributed by atoms with Crippen LogP contribution in [-0.2, 0) is 0 Å². The van der Waals surface area contributed by atoms with Crippen LogP contribution in [0.1, 0.15) is 15.9 Å². The Morgan fingerprint density at radius 3 is 2.72 bits per heavy atom. The lowest BCUT2D eigenvalue weighted by Crippen LogP contribution is -2.26. The quantitative estimate of drug-likeness (QED) is 0.732. The van der Waals surface area contributed by atoms with Crippen molar-refractivity contribution < 1.29 is 9.53 Å². The van der Waals surface area contributed by atoms with Crippen molar-refractivity contribution in [3.8, 4) is 17.7 Å². The van der Waals surface area contributed by atoms with Gasteiger partial charge in [-0.15, -0.1) is 0 Å². The number of pyridine rings is 2. The maximum atomic E-state index is 12.5. The smallest absolute Gasteiger partial charge is 0.259 e. The maximum absolute atomic E-state index is 12.5. The molecule has 0 bridgehead atoms. The third-order valence-electron chi connectivity index (χ3n) is 3.51. The van der Waals surface area contributed by atoms with E-state index in [-0.39, 0.29) is 5.91 Å². The number of nitriles is 1. The molecule has 1 amide bonds. The molecule has 0 fully saturated rings. The maximum Gasteiger partial charge on any atom is 0.259 e. The van der Waals surface area contributed by atoms with Gasteiger partial charge in [-0.1, -0.05) is 6.07 Å². The van der Waals surface area contributed by atoms with Crippen LogP contribution in [0, 0.1) is 11.3 Å². The van der Waals surface area contributed by atoms with Crippen LogP contribution in [0.15, 0.2) is 67.1 Å². The number of rotatable bonds is 4. The SMILES string of the molecule is CN(C(=O)c1ccc(Oc2cccc(C#N)c2)nc1)c1cccnc1. The summed E-state index contributed by atoms with van der Waals surface area (Å²) >= 11 is 0. The second-order valence-electron chi connectivity index (χ2n) is 5.20. The van der Waals surface area contributed by atoms with Crippen molar-refractivity contribution in [2.24, 2.45) is 0 Å². The summed E-state index contributed by atoms with van der Waals surface area (Å²) in [7, 11) is 1.68. The molecule has 2 heterocycles. The number of ether oxygens (including phenoxy) is 1. The summed E-state index contributed by atoms with van der Waals surface area (Å²) in [6.45, 7) is 0. The van der Waals surface area contributed by atoms with E-state index in [1.54, 1.807) is 68.0 Å². The summed E-state index contributed by atoms with van der Waals surface area (Å²) in [5.41, 5.74) is 1.63. The van der Waals surface area contributed by atoms with Gasteiger partial charge < -0.3 is 9.64 Å². The molecule has 0 unspecified atom stereocenters. The fourth-order valence-electron chi connectivity index (χ4n) is 2.18.